The molecule has 0 aliphatic rings. The van der Waals surface area contributed by atoms with Crippen LogP contribution in [0, 0.1) is 0 Å². The first-order valence-corrected chi connectivity index (χ1v) is 7.97. The molecule has 0 N–H and O–H groups in total. The smallest absolute Gasteiger partial charge is 0.417 e. The molecule has 0 radical (unpaired) electrons. The zero-order valence-corrected chi connectivity index (χ0v) is 15.0. The molecular formula is C17H18ClF3N2O2. The van der Waals surface area contributed by atoms with E-state index >= 15 is 0 Å². The molecule has 0 amide bonds. The maximum Gasteiger partial charge on any atom is 0.417 e. The maximum absolute atomic E-state index is 13.1. The Morgan fingerprint density at radius 2 is 1.92 bits per heavy atom. The standard InChI is InChI=1S/C17H18ClF3N2O2/c1-5-25-15(24)11-9-22-23(14(11)16(2,3)4)10-6-7-13(18)12(8-10)17(19,20)21/h6-9H,5H2,1-4H3. The van der Waals surface area contributed by atoms with Gasteiger partial charge in [-0.2, -0.15) is 18.3 Å². The number of aromatic nitrogens is 2. The SMILES string of the molecule is CCOC(=O)c1cnn(-c2ccc(Cl)c(C(F)(F)F)c2)c1C(C)(C)C. The van der Waals surface area contributed by atoms with Crippen LogP contribution < -0.4 is 0 Å². The Labute approximate surface area is 148 Å². The summed E-state index contributed by atoms with van der Waals surface area (Å²) >= 11 is 5.67. The Kier molecular flexibility index (Phi) is 5.18. The Hall–Kier alpha value is -2.02. The third kappa shape index (κ3) is 3.98. The lowest BCUT2D eigenvalue weighted by Gasteiger charge is -2.22. The van der Waals surface area contributed by atoms with Crippen molar-refractivity contribution >= 4 is 17.6 Å². The van der Waals surface area contributed by atoms with Crippen LogP contribution in [0.3, 0.4) is 0 Å². The summed E-state index contributed by atoms with van der Waals surface area (Å²) in [6, 6.07) is 3.51. The van der Waals surface area contributed by atoms with E-state index in [0.717, 1.165) is 12.1 Å². The van der Waals surface area contributed by atoms with Gasteiger partial charge in [0.25, 0.3) is 0 Å². The average Bonchev–Trinajstić information content (AvgIpc) is 2.92. The van der Waals surface area contributed by atoms with Crippen molar-refractivity contribution in [1.29, 1.82) is 0 Å². The molecule has 2 aromatic rings. The fourth-order valence-corrected chi connectivity index (χ4v) is 2.71. The number of ether oxygens (including phenoxy) is 1. The van der Waals surface area contributed by atoms with Crippen LogP contribution in [-0.4, -0.2) is 22.4 Å². The maximum atomic E-state index is 13.1. The number of alkyl halides is 3. The number of esters is 1. The summed E-state index contributed by atoms with van der Waals surface area (Å²) in [5.41, 5.74) is -0.674. The topological polar surface area (TPSA) is 44.1 Å². The average molecular weight is 375 g/mol. The second-order valence-corrected chi connectivity index (χ2v) is 6.86. The number of carbonyl (C=O) groups excluding carboxylic acids is 1. The first kappa shape index (κ1) is 19.3. The Morgan fingerprint density at radius 3 is 2.44 bits per heavy atom. The van der Waals surface area contributed by atoms with Crippen molar-refractivity contribution in [2.45, 2.75) is 39.3 Å². The van der Waals surface area contributed by atoms with Gasteiger partial charge in [-0.05, 0) is 25.1 Å². The minimum absolute atomic E-state index is 0.164. The molecule has 0 saturated carbocycles. The first-order chi connectivity index (χ1) is 11.5. The van der Waals surface area contributed by atoms with Crippen molar-refractivity contribution in [3.8, 4) is 5.69 Å². The van der Waals surface area contributed by atoms with Crippen LogP contribution in [0.2, 0.25) is 5.02 Å². The summed E-state index contributed by atoms with van der Waals surface area (Å²) in [4.78, 5) is 12.2. The van der Waals surface area contributed by atoms with Gasteiger partial charge in [-0.25, -0.2) is 9.48 Å². The number of benzene rings is 1. The molecule has 1 aromatic heterocycles. The van der Waals surface area contributed by atoms with E-state index in [2.05, 4.69) is 5.10 Å². The normalized spacial score (nSPS) is 12.3. The van der Waals surface area contributed by atoms with E-state index in [0.29, 0.717) is 5.69 Å². The van der Waals surface area contributed by atoms with Gasteiger partial charge >= 0.3 is 12.1 Å². The quantitative estimate of drug-likeness (QED) is 0.708. The molecule has 0 aliphatic carbocycles. The zero-order valence-electron chi connectivity index (χ0n) is 14.2. The van der Waals surface area contributed by atoms with Gasteiger partial charge in [-0.1, -0.05) is 32.4 Å². The van der Waals surface area contributed by atoms with Crippen LogP contribution in [-0.2, 0) is 16.3 Å². The molecule has 0 spiro atoms. The highest BCUT2D eigenvalue weighted by Crippen LogP contribution is 2.37. The van der Waals surface area contributed by atoms with Gasteiger partial charge in [0.2, 0.25) is 0 Å². The van der Waals surface area contributed by atoms with Crippen LogP contribution in [0.1, 0.15) is 49.3 Å². The van der Waals surface area contributed by atoms with Gasteiger partial charge in [0.1, 0.15) is 5.56 Å². The summed E-state index contributed by atoms with van der Waals surface area (Å²) in [7, 11) is 0. The summed E-state index contributed by atoms with van der Waals surface area (Å²) in [5.74, 6) is -0.566. The van der Waals surface area contributed by atoms with Crippen LogP contribution in [0.25, 0.3) is 5.69 Å². The molecule has 1 heterocycles. The number of halogens is 4. The molecule has 0 saturated heterocycles. The van der Waals surface area contributed by atoms with Gasteiger partial charge in [-0.15, -0.1) is 0 Å². The third-order valence-corrected chi connectivity index (χ3v) is 3.80. The number of hydrogen-bond acceptors (Lipinski definition) is 3. The predicted octanol–water partition coefficient (Wildman–Crippen LogP) is 5.02. The Bertz CT molecular complexity index is 792. The fraction of sp³-hybridized carbons (Fsp3) is 0.412. The summed E-state index contributed by atoms with van der Waals surface area (Å²) < 4.78 is 45.7. The molecule has 25 heavy (non-hydrogen) atoms. The fourth-order valence-electron chi connectivity index (χ4n) is 2.49. The van der Waals surface area contributed by atoms with Gasteiger partial charge in [0.05, 0.1) is 34.8 Å². The number of hydrogen-bond donors (Lipinski definition) is 0. The van der Waals surface area contributed by atoms with Crippen molar-refractivity contribution in [2.24, 2.45) is 0 Å². The molecule has 0 fully saturated rings. The number of rotatable bonds is 3. The second-order valence-electron chi connectivity index (χ2n) is 6.45. The highest BCUT2D eigenvalue weighted by Gasteiger charge is 2.34. The zero-order chi connectivity index (χ0) is 19.0. The van der Waals surface area contributed by atoms with Crippen LogP contribution in [0.4, 0.5) is 13.2 Å². The van der Waals surface area contributed by atoms with Gasteiger partial charge in [0.15, 0.2) is 0 Å². The van der Waals surface area contributed by atoms with Crippen LogP contribution in [0.5, 0.6) is 0 Å². The molecule has 8 heteroatoms. The van der Waals surface area contributed by atoms with E-state index in [4.69, 9.17) is 16.3 Å². The van der Waals surface area contributed by atoms with Crippen molar-refractivity contribution in [1.82, 2.24) is 9.78 Å². The lowest BCUT2D eigenvalue weighted by atomic mass is 9.89. The van der Waals surface area contributed by atoms with Crippen molar-refractivity contribution in [3.05, 3.63) is 46.2 Å². The lowest BCUT2D eigenvalue weighted by Crippen LogP contribution is -2.22. The molecule has 0 aliphatic heterocycles. The van der Waals surface area contributed by atoms with E-state index < -0.39 is 28.1 Å². The van der Waals surface area contributed by atoms with E-state index in [-0.39, 0.29) is 17.9 Å². The number of nitrogens with zero attached hydrogens (tertiary/aromatic N) is 2. The number of carbonyl (C=O) groups is 1. The second kappa shape index (κ2) is 6.71. The molecule has 2 rings (SSSR count). The van der Waals surface area contributed by atoms with E-state index in [1.807, 2.05) is 20.8 Å². The third-order valence-electron chi connectivity index (χ3n) is 3.47. The van der Waals surface area contributed by atoms with Gasteiger partial charge in [0, 0.05) is 5.41 Å². The van der Waals surface area contributed by atoms with Crippen molar-refractivity contribution in [3.63, 3.8) is 0 Å². The lowest BCUT2D eigenvalue weighted by molar-refractivity contribution is -0.137. The van der Waals surface area contributed by atoms with Gasteiger partial charge < -0.3 is 4.74 Å². The van der Waals surface area contributed by atoms with Crippen LogP contribution in [0.15, 0.2) is 24.4 Å². The Morgan fingerprint density at radius 1 is 1.28 bits per heavy atom. The van der Waals surface area contributed by atoms with E-state index in [1.165, 1.54) is 16.9 Å². The van der Waals surface area contributed by atoms with E-state index in [1.54, 1.807) is 6.92 Å². The minimum atomic E-state index is -4.59. The Balaban J connectivity index is 2.67. The molecule has 0 unspecified atom stereocenters. The largest absolute Gasteiger partial charge is 0.462 e. The monoisotopic (exact) mass is 374 g/mol. The van der Waals surface area contributed by atoms with E-state index in [9.17, 15) is 18.0 Å². The molecule has 1 aromatic carbocycles. The molecule has 136 valence electrons. The van der Waals surface area contributed by atoms with Gasteiger partial charge in [-0.3, -0.25) is 0 Å². The molecule has 0 atom stereocenters. The highest BCUT2D eigenvalue weighted by atomic mass is 35.5. The summed E-state index contributed by atoms with van der Waals surface area (Å²) in [6.07, 6.45) is -3.29. The highest BCUT2D eigenvalue weighted by molar-refractivity contribution is 6.31. The van der Waals surface area contributed by atoms with Crippen molar-refractivity contribution in [2.75, 3.05) is 6.61 Å². The molecule has 4 nitrogen and oxygen atoms in total. The first-order valence-electron chi connectivity index (χ1n) is 7.59. The predicted molar refractivity (Wildman–Crippen MR) is 88.2 cm³/mol. The molecular weight excluding hydrogens is 357 g/mol. The molecule has 0 bridgehead atoms. The van der Waals surface area contributed by atoms with Crippen LogP contribution >= 0.6 is 11.6 Å². The van der Waals surface area contributed by atoms with Crippen molar-refractivity contribution < 1.29 is 22.7 Å². The summed E-state index contributed by atoms with van der Waals surface area (Å²) in [6.45, 7) is 7.37. The summed E-state index contributed by atoms with van der Waals surface area (Å²) in [5, 5.41) is 3.72. The minimum Gasteiger partial charge on any atom is -0.462 e.